The molecule has 4 nitrogen and oxygen atoms in total. The molecule has 2 N–H and O–H groups in total. The zero-order valence-electron chi connectivity index (χ0n) is 10.0. The van der Waals surface area contributed by atoms with Crippen LogP contribution in [0.15, 0.2) is 24.3 Å². The van der Waals surface area contributed by atoms with E-state index < -0.39 is 0 Å². The molecule has 17 heavy (non-hydrogen) atoms. The third-order valence-electron chi connectivity index (χ3n) is 3.70. The lowest BCUT2D eigenvalue weighted by atomic mass is 10.1. The molecule has 2 saturated heterocycles. The maximum atomic E-state index is 5.72. The Hall–Kier alpha value is -1.26. The van der Waals surface area contributed by atoms with Gasteiger partial charge in [-0.05, 0) is 24.3 Å². The Morgan fingerprint density at radius 3 is 2.76 bits per heavy atom. The number of morpholine rings is 1. The molecule has 1 aromatic carbocycles. The summed E-state index contributed by atoms with van der Waals surface area (Å²) in [4.78, 5) is 4.96. The maximum Gasteiger partial charge on any atom is 0.0639 e. The molecular formula is C13H19N3O. The van der Waals surface area contributed by atoms with Crippen molar-refractivity contribution in [3.63, 3.8) is 0 Å². The molecule has 2 heterocycles. The molecule has 0 amide bonds. The highest BCUT2D eigenvalue weighted by molar-refractivity contribution is 5.53. The van der Waals surface area contributed by atoms with E-state index in [1.807, 2.05) is 12.1 Å². The van der Waals surface area contributed by atoms with Gasteiger partial charge in [-0.15, -0.1) is 0 Å². The van der Waals surface area contributed by atoms with Crippen molar-refractivity contribution >= 4 is 11.4 Å². The van der Waals surface area contributed by atoms with Crippen LogP contribution in [-0.2, 0) is 4.74 Å². The summed E-state index contributed by atoms with van der Waals surface area (Å²) in [5.41, 5.74) is 7.81. The van der Waals surface area contributed by atoms with Gasteiger partial charge in [-0.2, -0.15) is 0 Å². The standard InChI is InChI=1S/C13H19N3O/c14-11-1-3-12(4-2-11)16-6-5-15-7-8-17-10-13(15)9-16/h1-4,13H,5-10,14H2/t13-/m0/s1. The minimum Gasteiger partial charge on any atom is -0.399 e. The van der Waals surface area contributed by atoms with Crippen LogP contribution >= 0.6 is 0 Å². The van der Waals surface area contributed by atoms with Gasteiger partial charge in [0.05, 0.1) is 19.3 Å². The van der Waals surface area contributed by atoms with Gasteiger partial charge in [0, 0.05) is 37.6 Å². The van der Waals surface area contributed by atoms with Gasteiger partial charge in [-0.25, -0.2) is 0 Å². The van der Waals surface area contributed by atoms with Gasteiger partial charge in [-0.3, -0.25) is 4.90 Å². The highest BCUT2D eigenvalue weighted by Crippen LogP contribution is 2.21. The SMILES string of the molecule is Nc1ccc(N2CCN3CCOC[C@@H]3C2)cc1. The van der Waals surface area contributed by atoms with E-state index >= 15 is 0 Å². The fraction of sp³-hybridized carbons (Fsp3) is 0.538. The first-order valence-electron chi connectivity index (χ1n) is 6.25. The fourth-order valence-electron chi connectivity index (χ4n) is 2.67. The number of ether oxygens (including phenoxy) is 1. The Morgan fingerprint density at radius 1 is 1.12 bits per heavy atom. The minimum absolute atomic E-state index is 0.551. The maximum absolute atomic E-state index is 5.72. The van der Waals surface area contributed by atoms with Gasteiger partial charge in [0.15, 0.2) is 0 Å². The first-order chi connectivity index (χ1) is 8.33. The van der Waals surface area contributed by atoms with E-state index in [4.69, 9.17) is 10.5 Å². The van der Waals surface area contributed by atoms with Crippen LogP contribution in [-0.4, -0.2) is 50.3 Å². The van der Waals surface area contributed by atoms with E-state index in [1.165, 1.54) is 5.69 Å². The number of piperazine rings is 1. The minimum atomic E-state index is 0.551. The number of nitrogens with zero attached hydrogens (tertiary/aromatic N) is 2. The zero-order chi connectivity index (χ0) is 11.7. The summed E-state index contributed by atoms with van der Waals surface area (Å²) in [5.74, 6) is 0. The van der Waals surface area contributed by atoms with E-state index in [-0.39, 0.29) is 0 Å². The number of fused-ring (bicyclic) bond motifs is 1. The van der Waals surface area contributed by atoms with Gasteiger partial charge in [0.2, 0.25) is 0 Å². The van der Waals surface area contributed by atoms with Crippen LogP contribution in [0, 0.1) is 0 Å². The van der Waals surface area contributed by atoms with E-state index in [1.54, 1.807) is 0 Å². The number of hydrogen-bond acceptors (Lipinski definition) is 4. The molecule has 4 heteroatoms. The quantitative estimate of drug-likeness (QED) is 0.728. The Balaban J connectivity index is 1.71. The monoisotopic (exact) mass is 233 g/mol. The summed E-state index contributed by atoms with van der Waals surface area (Å²) < 4.78 is 5.55. The van der Waals surface area contributed by atoms with Crippen LogP contribution in [0.1, 0.15) is 0 Å². The van der Waals surface area contributed by atoms with Gasteiger partial charge in [0.25, 0.3) is 0 Å². The van der Waals surface area contributed by atoms with E-state index in [0.717, 1.165) is 45.1 Å². The average molecular weight is 233 g/mol. The number of rotatable bonds is 1. The molecular weight excluding hydrogens is 214 g/mol. The molecule has 0 unspecified atom stereocenters. The highest BCUT2D eigenvalue weighted by Gasteiger charge is 2.29. The number of hydrogen-bond donors (Lipinski definition) is 1. The first kappa shape index (κ1) is 10.9. The Bertz CT molecular complexity index is 379. The van der Waals surface area contributed by atoms with E-state index in [9.17, 15) is 0 Å². The molecule has 92 valence electrons. The zero-order valence-corrected chi connectivity index (χ0v) is 10.0. The lowest BCUT2D eigenvalue weighted by Gasteiger charge is -2.44. The van der Waals surface area contributed by atoms with Crippen LogP contribution in [0.2, 0.25) is 0 Å². The molecule has 1 atom stereocenters. The molecule has 0 aliphatic carbocycles. The van der Waals surface area contributed by atoms with Crippen molar-refractivity contribution < 1.29 is 4.74 Å². The molecule has 2 fully saturated rings. The molecule has 0 radical (unpaired) electrons. The Kier molecular flexibility index (Phi) is 2.91. The van der Waals surface area contributed by atoms with E-state index in [2.05, 4.69) is 21.9 Å². The number of benzene rings is 1. The largest absolute Gasteiger partial charge is 0.399 e. The second-order valence-corrected chi connectivity index (χ2v) is 4.80. The summed E-state index contributed by atoms with van der Waals surface area (Å²) in [6, 6.07) is 8.71. The third kappa shape index (κ3) is 2.23. The average Bonchev–Trinajstić information content (AvgIpc) is 2.39. The van der Waals surface area contributed by atoms with Crippen molar-refractivity contribution in [3.8, 4) is 0 Å². The third-order valence-corrected chi connectivity index (χ3v) is 3.70. The van der Waals surface area contributed by atoms with Crippen molar-refractivity contribution in [1.29, 1.82) is 0 Å². The van der Waals surface area contributed by atoms with Crippen LogP contribution in [0.4, 0.5) is 11.4 Å². The molecule has 0 aromatic heterocycles. The molecule has 0 saturated carbocycles. The number of nitrogens with two attached hydrogens (primary N) is 1. The highest BCUT2D eigenvalue weighted by atomic mass is 16.5. The predicted molar refractivity (Wildman–Crippen MR) is 69.2 cm³/mol. The summed E-state index contributed by atoms with van der Waals surface area (Å²) >= 11 is 0. The van der Waals surface area contributed by atoms with Crippen LogP contribution in [0.3, 0.4) is 0 Å². The fourth-order valence-corrected chi connectivity index (χ4v) is 2.67. The Morgan fingerprint density at radius 2 is 1.94 bits per heavy atom. The normalized spacial score (nSPS) is 25.6. The second kappa shape index (κ2) is 4.55. The lowest BCUT2D eigenvalue weighted by molar-refractivity contribution is -0.0116. The summed E-state index contributed by atoms with van der Waals surface area (Å²) in [6.07, 6.45) is 0. The van der Waals surface area contributed by atoms with Gasteiger partial charge in [0.1, 0.15) is 0 Å². The second-order valence-electron chi connectivity index (χ2n) is 4.80. The van der Waals surface area contributed by atoms with Crippen molar-refractivity contribution in [2.24, 2.45) is 0 Å². The Labute approximate surface area is 102 Å². The van der Waals surface area contributed by atoms with Crippen molar-refractivity contribution in [2.45, 2.75) is 6.04 Å². The summed E-state index contributed by atoms with van der Waals surface area (Å²) in [5, 5.41) is 0. The summed E-state index contributed by atoms with van der Waals surface area (Å²) in [6.45, 7) is 6.13. The van der Waals surface area contributed by atoms with Gasteiger partial charge in [-0.1, -0.05) is 0 Å². The van der Waals surface area contributed by atoms with Crippen molar-refractivity contribution in [2.75, 3.05) is 50.0 Å². The molecule has 2 aliphatic heterocycles. The lowest BCUT2D eigenvalue weighted by Crippen LogP contribution is -2.58. The van der Waals surface area contributed by atoms with Gasteiger partial charge < -0.3 is 15.4 Å². The predicted octanol–water partition coefficient (Wildman–Crippen LogP) is 0.790. The molecule has 1 aromatic rings. The number of nitrogen functional groups attached to an aromatic ring is 1. The smallest absolute Gasteiger partial charge is 0.0639 e. The summed E-state index contributed by atoms with van der Waals surface area (Å²) in [7, 11) is 0. The van der Waals surface area contributed by atoms with E-state index in [0.29, 0.717) is 6.04 Å². The van der Waals surface area contributed by atoms with Crippen LogP contribution in [0.5, 0.6) is 0 Å². The first-order valence-corrected chi connectivity index (χ1v) is 6.25. The molecule has 3 rings (SSSR count). The molecule has 0 spiro atoms. The molecule has 2 aliphatic rings. The topological polar surface area (TPSA) is 41.7 Å². The van der Waals surface area contributed by atoms with Crippen LogP contribution < -0.4 is 10.6 Å². The number of anilines is 2. The van der Waals surface area contributed by atoms with Crippen molar-refractivity contribution in [1.82, 2.24) is 4.90 Å². The van der Waals surface area contributed by atoms with Crippen molar-refractivity contribution in [3.05, 3.63) is 24.3 Å². The van der Waals surface area contributed by atoms with Gasteiger partial charge >= 0.3 is 0 Å². The molecule has 0 bridgehead atoms. The van der Waals surface area contributed by atoms with Crippen LogP contribution in [0.25, 0.3) is 0 Å².